The Labute approximate surface area is 132 Å². The highest BCUT2D eigenvalue weighted by atomic mass is 31.1. The number of ketones is 1. The fraction of sp³-hybridized carbons (Fsp3) is 0.278. The van der Waals surface area contributed by atoms with E-state index in [9.17, 15) is 9.36 Å². The zero-order valence-corrected chi connectivity index (χ0v) is 13.9. The zero-order chi connectivity index (χ0) is 16.1. The van der Waals surface area contributed by atoms with Crippen LogP contribution in [0.1, 0.15) is 46.0 Å². The highest BCUT2D eigenvalue weighted by Gasteiger charge is 2.19. The van der Waals surface area contributed by atoms with Gasteiger partial charge in [-0.15, -0.1) is 0 Å². The van der Waals surface area contributed by atoms with Crippen molar-refractivity contribution in [2.75, 3.05) is 0 Å². The lowest BCUT2D eigenvalue weighted by Crippen LogP contribution is -2.08. The molecule has 22 heavy (non-hydrogen) atoms. The molecule has 0 atom stereocenters. The summed E-state index contributed by atoms with van der Waals surface area (Å²) < 4.78 is 15.7. The number of carbonyl (C=O) groups excluding carboxylic acids is 1. The SMILES string of the molecule is CCCc1cc(C)c(C(=O)c2ccccc2OP=O)c(C)c1. The summed E-state index contributed by atoms with van der Waals surface area (Å²) in [5.41, 5.74) is 4.29. The van der Waals surface area contributed by atoms with E-state index in [1.165, 1.54) is 5.56 Å². The molecular weight excluding hydrogens is 295 g/mol. The maximum Gasteiger partial charge on any atom is 0.395 e. The third-order valence-electron chi connectivity index (χ3n) is 3.63. The molecule has 0 aliphatic heterocycles. The summed E-state index contributed by atoms with van der Waals surface area (Å²) in [6.45, 7) is 6.04. The normalized spacial score (nSPS) is 10.7. The minimum atomic E-state index is -0.466. The molecule has 0 aromatic heterocycles. The van der Waals surface area contributed by atoms with Crippen molar-refractivity contribution in [2.45, 2.75) is 33.6 Å². The van der Waals surface area contributed by atoms with E-state index >= 15 is 0 Å². The van der Waals surface area contributed by atoms with Gasteiger partial charge in [-0.05, 0) is 49.1 Å². The average molecular weight is 314 g/mol. The quantitative estimate of drug-likeness (QED) is 0.552. The molecule has 0 aliphatic carbocycles. The van der Waals surface area contributed by atoms with Crippen molar-refractivity contribution in [3.8, 4) is 5.75 Å². The second kappa shape index (κ2) is 7.33. The predicted molar refractivity (Wildman–Crippen MR) is 88.0 cm³/mol. The number of hydrogen-bond donors (Lipinski definition) is 0. The standard InChI is InChI=1S/C18H19O3P/c1-4-7-14-10-12(2)17(13(3)11-14)18(19)15-8-5-6-9-16(15)21-22-20/h5-6,8-11H,4,7H2,1-3H3. The van der Waals surface area contributed by atoms with Crippen LogP contribution in [0, 0.1) is 13.8 Å². The first kappa shape index (κ1) is 16.4. The molecule has 0 radical (unpaired) electrons. The van der Waals surface area contributed by atoms with Gasteiger partial charge in [0.25, 0.3) is 0 Å². The van der Waals surface area contributed by atoms with Gasteiger partial charge in [-0.1, -0.05) is 37.6 Å². The van der Waals surface area contributed by atoms with Gasteiger partial charge in [-0.3, -0.25) is 4.79 Å². The van der Waals surface area contributed by atoms with Gasteiger partial charge in [0.05, 0.1) is 5.56 Å². The first-order chi connectivity index (χ1) is 10.6. The van der Waals surface area contributed by atoms with Crippen LogP contribution >= 0.6 is 8.69 Å². The number of hydrogen-bond acceptors (Lipinski definition) is 3. The van der Waals surface area contributed by atoms with E-state index in [2.05, 4.69) is 19.1 Å². The minimum Gasteiger partial charge on any atom is -0.407 e. The Kier molecular flexibility index (Phi) is 5.46. The molecule has 2 aromatic carbocycles. The van der Waals surface area contributed by atoms with Crippen molar-refractivity contribution in [1.29, 1.82) is 0 Å². The monoisotopic (exact) mass is 314 g/mol. The summed E-state index contributed by atoms with van der Waals surface area (Å²) in [4.78, 5) is 12.9. The number of rotatable bonds is 6. The highest BCUT2D eigenvalue weighted by Crippen LogP contribution is 2.27. The third kappa shape index (κ3) is 3.42. The largest absolute Gasteiger partial charge is 0.407 e. The number of para-hydroxylation sites is 1. The van der Waals surface area contributed by atoms with Crippen molar-refractivity contribution in [1.82, 2.24) is 0 Å². The molecule has 2 rings (SSSR count). The Morgan fingerprint density at radius 2 is 1.77 bits per heavy atom. The van der Waals surface area contributed by atoms with Crippen LogP contribution in [0.4, 0.5) is 0 Å². The van der Waals surface area contributed by atoms with E-state index in [-0.39, 0.29) is 5.78 Å². The predicted octanol–water partition coefficient (Wildman–Crippen LogP) is 5.07. The molecule has 114 valence electrons. The number of aryl methyl sites for hydroxylation is 3. The smallest absolute Gasteiger partial charge is 0.395 e. The summed E-state index contributed by atoms with van der Waals surface area (Å²) in [6, 6.07) is 11.0. The lowest BCUT2D eigenvalue weighted by Gasteiger charge is -2.13. The molecular formula is C18H19O3P. The van der Waals surface area contributed by atoms with Crippen LogP contribution in [0.5, 0.6) is 5.75 Å². The molecule has 0 bridgehead atoms. The molecule has 0 saturated carbocycles. The molecule has 2 aromatic rings. The maximum absolute atomic E-state index is 12.9. The van der Waals surface area contributed by atoms with Gasteiger partial charge in [0.15, 0.2) is 5.78 Å². The van der Waals surface area contributed by atoms with E-state index in [0.717, 1.165) is 24.0 Å². The second-order valence-electron chi connectivity index (χ2n) is 5.35. The lowest BCUT2D eigenvalue weighted by molar-refractivity contribution is 0.103. The molecule has 0 heterocycles. The molecule has 0 unspecified atom stereocenters. The fourth-order valence-electron chi connectivity index (χ4n) is 2.75. The minimum absolute atomic E-state index is 0.0997. The third-order valence-corrected chi connectivity index (χ3v) is 3.90. The van der Waals surface area contributed by atoms with Crippen molar-refractivity contribution in [2.24, 2.45) is 0 Å². The number of carbonyl (C=O) groups is 1. The molecule has 4 heteroatoms. The van der Waals surface area contributed by atoms with Crippen molar-refractivity contribution in [3.63, 3.8) is 0 Å². The Morgan fingerprint density at radius 3 is 2.36 bits per heavy atom. The first-order valence-electron chi connectivity index (χ1n) is 7.32. The van der Waals surface area contributed by atoms with E-state index in [0.29, 0.717) is 16.9 Å². The van der Waals surface area contributed by atoms with E-state index in [1.807, 2.05) is 13.8 Å². The van der Waals surface area contributed by atoms with Crippen LogP contribution in [0.2, 0.25) is 0 Å². The molecule has 0 aliphatic rings. The van der Waals surface area contributed by atoms with Crippen LogP contribution in [0.15, 0.2) is 36.4 Å². The van der Waals surface area contributed by atoms with Crippen LogP contribution in [-0.2, 0) is 11.0 Å². The second-order valence-corrected chi connectivity index (χ2v) is 5.68. The first-order valence-corrected chi connectivity index (χ1v) is 8.05. The van der Waals surface area contributed by atoms with Gasteiger partial charge in [0.2, 0.25) is 0 Å². The molecule has 0 saturated heterocycles. The van der Waals surface area contributed by atoms with Crippen molar-refractivity contribution in [3.05, 3.63) is 64.2 Å². The molecule has 0 amide bonds. The van der Waals surface area contributed by atoms with Gasteiger partial charge < -0.3 is 4.52 Å². The summed E-state index contributed by atoms with van der Waals surface area (Å²) in [5, 5.41) is 0. The van der Waals surface area contributed by atoms with Gasteiger partial charge in [0, 0.05) is 5.56 Å². The zero-order valence-electron chi connectivity index (χ0n) is 13.1. The topological polar surface area (TPSA) is 43.4 Å². The molecule has 0 spiro atoms. The van der Waals surface area contributed by atoms with Crippen LogP contribution in [-0.4, -0.2) is 5.78 Å². The van der Waals surface area contributed by atoms with Gasteiger partial charge >= 0.3 is 8.69 Å². The van der Waals surface area contributed by atoms with Gasteiger partial charge in [-0.25, -0.2) is 4.57 Å². The van der Waals surface area contributed by atoms with E-state index in [1.54, 1.807) is 24.3 Å². The van der Waals surface area contributed by atoms with Crippen molar-refractivity contribution >= 4 is 14.5 Å². The molecule has 0 N–H and O–H groups in total. The van der Waals surface area contributed by atoms with Crippen LogP contribution < -0.4 is 4.52 Å². The van der Waals surface area contributed by atoms with E-state index < -0.39 is 8.69 Å². The summed E-state index contributed by atoms with van der Waals surface area (Å²) >= 11 is 0. The number of benzene rings is 2. The summed E-state index contributed by atoms with van der Waals surface area (Å²) in [5.74, 6) is 0.234. The molecule has 3 nitrogen and oxygen atoms in total. The Balaban J connectivity index is 2.48. The summed E-state index contributed by atoms with van der Waals surface area (Å²) in [6.07, 6.45) is 2.08. The molecule has 0 fully saturated rings. The van der Waals surface area contributed by atoms with Crippen LogP contribution in [0.25, 0.3) is 0 Å². The highest BCUT2D eigenvalue weighted by molar-refractivity contribution is 7.17. The average Bonchev–Trinajstić information content (AvgIpc) is 2.47. The Hall–Kier alpha value is -1.99. The van der Waals surface area contributed by atoms with Crippen molar-refractivity contribution < 1.29 is 13.9 Å². The maximum atomic E-state index is 12.9. The lowest BCUT2D eigenvalue weighted by atomic mass is 9.91. The Bertz CT molecular complexity index is 684. The van der Waals surface area contributed by atoms with E-state index in [4.69, 9.17) is 4.52 Å². The Morgan fingerprint density at radius 1 is 1.14 bits per heavy atom. The van der Waals surface area contributed by atoms with Crippen LogP contribution in [0.3, 0.4) is 0 Å². The summed E-state index contributed by atoms with van der Waals surface area (Å²) in [7, 11) is -0.466. The van der Waals surface area contributed by atoms with Gasteiger partial charge in [0.1, 0.15) is 5.75 Å². The fourth-order valence-corrected chi connectivity index (χ4v) is 2.99. The van der Waals surface area contributed by atoms with Gasteiger partial charge in [-0.2, -0.15) is 0 Å².